The van der Waals surface area contributed by atoms with E-state index in [1.165, 1.54) is 25.9 Å². The first-order valence-electron chi connectivity index (χ1n) is 5.54. The third-order valence-electron chi connectivity index (χ3n) is 2.45. The Balaban J connectivity index is 3.16. The molecule has 20 heavy (non-hydrogen) atoms. The Bertz CT molecular complexity index is 634. The van der Waals surface area contributed by atoms with Crippen LogP contribution in [0.3, 0.4) is 0 Å². The molecule has 0 radical (unpaired) electrons. The lowest BCUT2D eigenvalue weighted by Crippen LogP contribution is -2.44. The first-order valence-corrected chi connectivity index (χ1v) is 7.40. The third-order valence-corrected chi connectivity index (χ3v) is 4.26. The molecular weight excluding hydrogens is 309 g/mol. The van der Waals surface area contributed by atoms with Gasteiger partial charge in [0.2, 0.25) is 15.9 Å². The minimum Gasteiger partial charge on any atom is -0.399 e. The van der Waals surface area contributed by atoms with Gasteiger partial charge < -0.3 is 10.6 Å². The van der Waals surface area contributed by atoms with Crippen molar-refractivity contribution < 1.29 is 17.6 Å². The van der Waals surface area contributed by atoms with Crippen LogP contribution >= 0.6 is 11.6 Å². The Kier molecular flexibility index (Phi) is 4.95. The highest BCUT2D eigenvalue weighted by Crippen LogP contribution is 2.25. The molecule has 1 atom stereocenters. The quantitative estimate of drug-likeness (QED) is 0.802. The average Bonchev–Trinajstić information content (AvgIpc) is 2.31. The van der Waals surface area contributed by atoms with Crippen LogP contribution in [0.15, 0.2) is 17.0 Å². The van der Waals surface area contributed by atoms with Crippen LogP contribution < -0.4 is 10.5 Å². The second-order valence-electron chi connectivity index (χ2n) is 4.39. The topological polar surface area (TPSA) is 92.5 Å². The molecule has 0 aliphatic carbocycles. The molecule has 1 amide bonds. The summed E-state index contributed by atoms with van der Waals surface area (Å²) in [4.78, 5) is 12.1. The standard InChI is InChI=1S/C11H15ClFN3O3S/c1-6(11(17)16(2)3)15-20(18,19)9-5-7(14)4-8(12)10(9)13/h4-6,15H,14H2,1-3H3. The number of anilines is 1. The molecule has 0 saturated heterocycles. The van der Waals surface area contributed by atoms with E-state index in [4.69, 9.17) is 17.3 Å². The summed E-state index contributed by atoms with van der Waals surface area (Å²) in [5.41, 5.74) is 5.45. The lowest BCUT2D eigenvalue weighted by atomic mass is 10.3. The molecule has 1 aromatic carbocycles. The number of likely N-dealkylation sites (N-methyl/N-ethyl adjacent to an activating group) is 1. The normalized spacial score (nSPS) is 13.1. The zero-order valence-electron chi connectivity index (χ0n) is 11.1. The molecule has 1 rings (SSSR count). The predicted molar refractivity (Wildman–Crippen MR) is 74.3 cm³/mol. The summed E-state index contributed by atoms with van der Waals surface area (Å²) in [6, 6.07) is 0.996. The Morgan fingerprint density at radius 2 is 2.00 bits per heavy atom. The van der Waals surface area contributed by atoms with E-state index in [1.54, 1.807) is 0 Å². The van der Waals surface area contributed by atoms with Gasteiger partial charge in [0.15, 0.2) is 5.82 Å². The fourth-order valence-corrected chi connectivity index (χ4v) is 3.13. The van der Waals surface area contributed by atoms with E-state index in [0.29, 0.717) is 0 Å². The summed E-state index contributed by atoms with van der Waals surface area (Å²) < 4.78 is 40.0. The second-order valence-corrected chi connectivity index (χ2v) is 6.48. The highest BCUT2D eigenvalue weighted by atomic mass is 35.5. The van der Waals surface area contributed by atoms with Crippen LogP contribution in [0.4, 0.5) is 10.1 Å². The monoisotopic (exact) mass is 323 g/mol. The summed E-state index contributed by atoms with van der Waals surface area (Å²) in [5, 5.41) is -0.406. The van der Waals surface area contributed by atoms with Crippen LogP contribution in [0.2, 0.25) is 5.02 Å². The minimum atomic E-state index is -4.25. The highest BCUT2D eigenvalue weighted by molar-refractivity contribution is 7.89. The van der Waals surface area contributed by atoms with E-state index in [-0.39, 0.29) is 5.69 Å². The lowest BCUT2D eigenvalue weighted by molar-refractivity contribution is -0.130. The van der Waals surface area contributed by atoms with Crippen LogP contribution in [-0.2, 0) is 14.8 Å². The van der Waals surface area contributed by atoms with Crippen LogP contribution in [0.1, 0.15) is 6.92 Å². The molecule has 1 aromatic rings. The van der Waals surface area contributed by atoms with Gasteiger partial charge in [0.1, 0.15) is 4.90 Å². The number of sulfonamides is 1. The number of hydrogen-bond donors (Lipinski definition) is 2. The molecular formula is C11H15ClFN3O3S. The molecule has 0 heterocycles. The van der Waals surface area contributed by atoms with Crippen molar-refractivity contribution in [2.24, 2.45) is 0 Å². The molecule has 0 saturated carbocycles. The summed E-state index contributed by atoms with van der Waals surface area (Å²) in [7, 11) is -1.30. The zero-order chi connectivity index (χ0) is 15.7. The number of rotatable bonds is 4. The molecule has 0 fully saturated rings. The van der Waals surface area contributed by atoms with Crippen LogP contribution in [0, 0.1) is 5.82 Å². The summed E-state index contributed by atoms with van der Waals surface area (Å²) in [6.07, 6.45) is 0. The van der Waals surface area contributed by atoms with Gasteiger partial charge in [-0.2, -0.15) is 4.72 Å². The number of carbonyl (C=O) groups excluding carboxylic acids is 1. The Morgan fingerprint density at radius 3 is 2.50 bits per heavy atom. The number of amides is 1. The zero-order valence-corrected chi connectivity index (χ0v) is 12.7. The Hall–Kier alpha value is -1.38. The largest absolute Gasteiger partial charge is 0.399 e. The molecule has 112 valence electrons. The Labute approximate surface area is 121 Å². The molecule has 6 nitrogen and oxygen atoms in total. The number of hydrogen-bond acceptors (Lipinski definition) is 4. The van der Waals surface area contributed by atoms with Crippen molar-refractivity contribution in [2.45, 2.75) is 17.9 Å². The summed E-state index contributed by atoms with van der Waals surface area (Å²) in [5.74, 6) is -1.58. The molecule has 0 spiro atoms. The van der Waals surface area contributed by atoms with Gasteiger partial charge in [-0.25, -0.2) is 12.8 Å². The SMILES string of the molecule is CC(NS(=O)(=O)c1cc(N)cc(Cl)c1F)C(=O)N(C)C. The fraction of sp³-hybridized carbons (Fsp3) is 0.364. The first kappa shape index (κ1) is 16.7. The van der Waals surface area contributed by atoms with E-state index >= 15 is 0 Å². The number of nitrogen functional groups attached to an aromatic ring is 1. The van der Waals surface area contributed by atoms with Crippen molar-refractivity contribution in [3.63, 3.8) is 0 Å². The molecule has 3 N–H and O–H groups in total. The number of nitrogens with two attached hydrogens (primary N) is 1. The average molecular weight is 324 g/mol. The van der Waals surface area contributed by atoms with Crippen molar-refractivity contribution in [3.05, 3.63) is 23.0 Å². The van der Waals surface area contributed by atoms with Gasteiger partial charge >= 0.3 is 0 Å². The highest BCUT2D eigenvalue weighted by Gasteiger charge is 2.27. The van der Waals surface area contributed by atoms with Gasteiger partial charge in [-0.05, 0) is 19.1 Å². The van der Waals surface area contributed by atoms with Crippen molar-refractivity contribution in [2.75, 3.05) is 19.8 Å². The lowest BCUT2D eigenvalue weighted by Gasteiger charge is -2.18. The second kappa shape index (κ2) is 5.94. The van der Waals surface area contributed by atoms with Crippen molar-refractivity contribution in [1.82, 2.24) is 9.62 Å². The molecule has 0 aromatic heterocycles. The maximum absolute atomic E-state index is 13.8. The van der Waals surface area contributed by atoms with Gasteiger partial charge in [0.05, 0.1) is 11.1 Å². The number of nitrogens with zero attached hydrogens (tertiary/aromatic N) is 1. The number of carbonyl (C=O) groups is 1. The van der Waals surface area contributed by atoms with E-state index in [2.05, 4.69) is 4.72 Å². The van der Waals surface area contributed by atoms with E-state index < -0.39 is 37.7 Å². The first-order chi connectivity index (χ1) is 9.06. The molecule has 0 aliphatic rings. The maximum atomic E-state index is 13.8. The van der Waals surface area contributed by atoms with Gasteiger partial charge in [-0.1, -0.05) is 11.6 Å². The maximum Gasteiger partial charge on any atom is 0.244 e. The summed E-state index contributed by atoms with van der Waals surface area (Å²) >= 11 is 5.55. The molecule has 0 bridgehead atoms. The molecule has 1 unspecified atom stereocenters. The predicted octanol–water partition coefficient (Wildman–Crippen LogP) is 0.816. The van der Waals surface area contributed by atoms with Crippen LogP contribution in [-0.4, -0.2) is 39.4 Å². The van der Waals surface area contributed by atoms with E-state index in [9.17, 15) is 17.6 Å². The van der Waals surface area contributed by atoms with Crippen molar-refractivity contribution in [3.8, 4) is 0 Å². The third kappa shape index (κ3) is 3.59. The van der Waals surface area contributed by atoms with E-state index in [0.717, 1.165) is 12.1 Å². The van der Waals surface area contributed by atoms with E-state index in [1.807, 2.05) is 0 Å². The van der Waals surface area contributed by atoms with Crippen molar-refractivity contribution >= 4 is 33.2 Å². The van der Waals surface area contributed by atoms with Gasteiger partial charge in [-0.3, -0.25) is 4.79 Å². The summed E-state index contributed by atoms with van der Waals surface area (Å²) in [6.45, 7) is 1.35. The van der Waals surface area contributed by atoms with Crippen LogP contribution in [0.25, 0.3) is 0 Å². The van der Waals surface area contributed by atoms with Crippen molar-refractivity contribution in [1.29, 1.82) is 0 Å². The van der Waals surface area contributed by atoms with Gasteiger partial charge in [0.25, 0.3) is 0 Å². The minimum absolute atomic E-state index is 0.00311. The van der Waals surface area contributed by atoms with Gasteiger partial charge in [0, 0.05) is 19.8 Å². The smallest absolute Gasteiger partial charge is 0.244 e. The molecule has 9 heteroatoms. The number of benzene rings is 1. The number of halogens is 2. The fourth-order valence-electron chi connectivity index (χ4n) is 1.51. The number of nitrogens with one attached hydrogen (secondary N) is 1. The molecule has 0 aliphatic heterocycles. The van der Waals surface area contributed by atoms with Gasteiger partial charge in [-0.15, -0.1) is 0 Å². The Morgan fingerprint density at radius 1 is 1.45 bits per heavy atom. The van der Waals surface area contributed by atoms with Crippen LogP contribution in [0.5, 0.6) is 0 Å².